The van der Waals surface area contributed by atoms with Gasteiger partial charge in [0.05, 0.1) is 12.1 Å². The van der Waals surface area contributed by atoms with Crippen molar-refractivity contribution in [3.05, 3.63) is 65.7 Å². The molecule has 0 aromatic heterocycles. The van der Waals surface area contributed by atoms with Gasteiger partial charge in [-0.05, 0) is 49.4 Å². The number of carbonyl (C=O) groups is 2. The SMILES string of the molecule is CC(=O)Nc1cccc(CN2CC3(CCN(CCc4ccccc4)CC3)OC(C)C2=O)c1.Cl. The Balaban J connectivity index is 0.00000306. The first-order chi connectivity index (χ1) is 15.4. The van der Waals surface area contributed by atoms with Gasteiger partial charge >= 0.3 is 0 Å². The lowest BCUT2D eigenvalue weighted by molar-refractivity contribution is -0.190. The second kappa shape index (κ2) is 11.1. The highest BCUT2D eigenvalue weighted by molar-refractivity contribution is 5.88. The number of carbonyl (C=O) groups excluding carboxylic acids is 2. The van der Waals surface area contributed by atoms with Crippen LogP contribution in [-0.2, 0) is 27.3 Å². The Bertz CT molecular complexity index is 945. The van der Waals surface area contributed by atoms with Gasteiger partial charge in [0.2, 0.25) is 5.91 Å². The van der Waals surface area contributed by atoms with E-state index < -0.39 is 6.10 Å². The van der Waals surface area contributed by atoms with Gasteiger partial charge in [0.1, 0.15) is 6.10 Å². The molecule has 2 aromatic carbocycles. The van der Waals surface area contributed by atoms with E-state index >= 15 is 0 Å². The summed E-state index contributed by atoms with van der Waals surface area (Å²) in [6.07, 6.45) is 2.49. The number of amides is 2. The normalized spacial score (nSPS) is 20.4. The van der Waals surface area contributed by atoms with Crippen molar-refractivity contribution in [2.75, 3.05) is 31.5 Å². The van der Waals surface area contributed by atoms with Crippen LogP contribution in [0.15, 0.2) is 54.6 Å². The summed E-state index contributed by atoms with van der Waals surface area (Å²) in [4.78, 5) is 28.7. The molecule has 1 spiro atoms. The predicted octanol–water partition coefficient (Wildman–Crippen LogP) is 3.89. The molecule has 2 aliphatic rings. The van der Waals surface area contributed by atoms with Crippen LogP contribution in [0.1, 0.15) is 37.8 Å². The van der Waals surface area contributed by atoms with E-state index in [1.165, 1.54) is 12.5 Å². The number of piperidine rings is 1. The molecule has 0 bridgehead atoms. The maximum Gasteiger partial charge on any atom is 0.251 e. The average Bonchev–Trinajstić information content (AvgIpc) is 2.77. The second-order valence-electron chi connectivity index (χ2n) is 9.10. The minimum Gasteiger partial charge on any atom is -0.360 e. The molecule has 178 valence electrons. The maximum absolute atomic E-state index is 12.9. The Morgan fingerprint density at radius 1 is 1.09 bits per heavy atom. The molecule has 4 rings (SSSR count). The lowest BCUT2D eigenvalue weighted by Crippen LogP contribution is -2.61. The monoisotopic (exact) mass is 471 g/mol. The van der Waals surface area contributed by atoms with Crippen LogP contribution in [0.2, 0.25) is 0 Å². The fourth-order valence-electron chi connectivity index (χ4n) is 4.84. The lowest BCUT2D eigenvalue weighted by atomic mass is 9.88. The smallest absolute Gasteiger partial charge is 0.251 e. The van der Waals surface area contributed by atoms with Crippen molar-refractivity contribution in [2.24, 2.45) is 0 Å². The molecule has 0 radical (unpaired) electrons. The number of benzene rings is 2. The Morgan fingerprint density at radius 3 is 2.48 bits per heavy atom. The van der Waals surface area contributed by atoms with Gasteiger partial charge in [-0.25, -0.2) is 0 Å². The fourth-order valence-corrected chi connectivity index (χ4v) is 4.84. The van der Waals surface area contributed by atoms with Crippen LogP contribution in [-0.4, -0.2) is 59.5 Å². The van der Waals surface area contributed by atoms with E-state index in [9.17, 15) is 9.59 Å². The molecule has 1 N–H and O–H groups in total. The third-order valence-electron chi connectivity index (χ3n) is 6.51. The van der Waals surface area contributed by atoms with Gasteiger partial charge in [0, 0.05) is 38.8 Å². The molecule has 7 heteroatoms. The van der Waals surface area contributed by atoms with Crippen molar-refractivity contribution in [1.29, 1.82) is 0 Å². The van der Waals surface area contributed by atoms with Gasteiger partial charge in [0.15, 0.2) is 0 Å². The van der Waals surface area contributed by atoms with Gasteiger partial charge in [-0.1, -0.05) is 42.5 Å². The Morgan fingerprint density at radius 2 is 1.79 bits per heavy atom. The van der Waals surface area contributed by atoms with Crippen molar-refractivity contribution in [2.45, 2.75) is 51.4 Å². The van der Waals surface area contributed by atoms with Crippen molar-refractivity contribution in [1.82, 2.24) is 9.80 Å². The van der Waals surface area contributed by atoms with Crippen LogP contribution >= 0.6 is 12.4 Å². The van der Waals surface area contributed by atoms with Crippen LogP contribution < -0.4 is 5.32 Å². The van der Waals surface area contributed by atoms with Gasteiger partial charge < -0.3 is 19.9 Å². The number of hydrogen-bond donors (Lipinski definition) is 1. The third-order valence-corrected chi connectivity index (χ3v) is 6.51. The van der Waals surface area contributed by atoms with Crippen molar-refractivity contribution in [3.63, 3.8) is 0 Å². The molecule has 1 atom stereocenters. The number of anilines is 1. The van der Waals surface area contributed by atoms with E-state index in [0.29, 0.717) is 13.1 Å². The number of likely N-dealkylation sites (tertiary alicyclic amines) is 1. The summed E-state index contributed by atoms with van der Waals surface area (Å²) in [5.74, 6) is -0.0664. The van der Waals surface area contributed by atoms with E-state index in [1.807, 2.05) is 36.1 Å². The molecule has 33 heavy (non-hydrogen) atoms. The first-order valence-electron chi connectivity index (χ1n) is 11.5. The molecule has 2 fully saturated rings. The van der Waals surface area contributed by atoms with Crippen LogP contribution in [0.3, 0.4) is 0 Å². The zero-order chi connectivity index (χ0) is 22.6. The summed E-state index contributed by atoms with van der Waals surface area (Å²) in [6.45, 7) is 7.53. The van der Waals surface area contributed by atoms with Crippen LogP contribution in [0, 0.1) is 0 Å². The van der Waals surface area contributed by atoms with Gasteiger partial charge in [-0.2, -0.15) is 0 Å². The minimum absolute atomic E-state index is 0. The van der Waals surface area contributed by atoms with Gasteiger partial charge in [-0.3, -0.25) is 9.59 Å². The van der Waals surface area contributed by atoms with Crippen LogP contribution in [0.5, 0.6) is 0 Å². The molecule has 1 unspecified atom stereocenters. The molecule has 6 nitrogen and oxygen atoms in total. The number of nitrogens with zero attached hydrogens (tertiary/aromatic N) is 2. The molecule has 2 aromatic rings. The van der Waals surface area contributed by atoms with Gasteiger partial charge in [-0.15, -0.1) is 12.4 Å². The second-order valence-corrected chi connectivity index (χ2v) is 9.10. The molecule has 2 aliphatic heterocycles. The number of ether oxygens (including phenoxy) is 1. The minimum atomic E-state index is -0.432. The molecule has 0 saturated carbocycles. The predicted molar refractivity (Wildman–Crippen MR) is 133 cm³/mol. The van der Waals surface area contributed by atoms with Crippen molar-refractivity contribution >= 4 is 29.9 Å². The first-order valence-corrected chi connectivity index (χ1v) is 11.5. The summed E-state index contributed by atoms with van der Waals surface area (Å²) in [6, 6.07) is 18.3. The Hall–Kier alpha value is -2.41. The lowest BCUT2D eigenvalue weighted by Gasteiger charge is -2.49. The van der Waals surface area contributed by atoms with E-state index in [-0.39, 0.29) is 29.8 Å². The van der Waals surface area contributed by atoms with Crippen LogP contribution in [0.25, 0.3) is 0 Å². The van der Waals surface area contributed by atoms with Crippen LogP contribution in [0.4, 0.5) is 5.69 Å². The topological polar surface area (TPSA) is 61.9 Å². The Labute approximate surface area is 202 Å². The standard InChI is InChI=1S/C26H33N3O3.ClH/c1-20-25(31)29(18-23-9-6-10-24(17-23)27-21(2)30)19-26(32-20)12-15-28(16-13-26)14-11-22-7-4-3-5-8-22;/h3-10,17,20H,11-16,18-19H2,1-2H3,(H,27,30);1H. The number of halogens is 1. The summed E-state index contributed by atoms with van der Waals surface area (Å²) in [5.41, 5.74) is 2.86. The Kier molecular flexibility index (Phi) is 8.51. The molecule has 0 aliphatic carbocycles. The number of hydrogen-bond acceptors (Lipinski definition) is 4. The summed E-state index contributed by atoms with van der Waals surface area (Å²) < 4.78 is 6.31. The zero-order valence-electron chi connectivity index (χ0n) is 19.5. The third kappa shape index (κ3) is 6.56. The van der Waals surface area contributed by atoms with E-state index in [1.54, 1.807) is 0 Å². The number of rotatable bonds is 6. The van der Waals surface area contributed by atoms with Gasteiger partial charge in [0.25, 0.3) is 5.91 Å². The summed E-state index contributed by atoms with van der Waals surface area (Å²) in [5, 5.41) is 2.82. The highest BCUT2D eigenvalue weighted by Crippen LogP contribution is 2.33. The molecular formula is C26H34ClN3O3. The molecule has 2 heterocycles. The van der Waals surface area contributed by atoms with Crippen molar-refractivity contribution in [3.8, 4) is 0 Å². The maximum atomic E-state index is 12.9. The number of nitrogens with one attached hydrogen (secondary N) is 1. The number of morpholine rings is 1. The quantitative estimate of drug-likeness (QED) is 0.694. The summed E-state index contributed by atoms with van der Waals surface area (Å²) >= 11 is 0. The highest BCUT2D eigenvalue weighted by Gasteiger charge is 2.45. The fraction of sp³-hybridized carbons (Fsp3) is 0.462. The largest absolute Gasteiger partial charge is 0.360 e. The van der Waals surface area contributed by atoms with E-state index in [2.05, 4.69) is 40.5 Å². The summed E-state index contributed by atoms with van der Waals surface area (Å²) in [7, 11) is 0. The molecular weight excluding hydrogens is 438 g/mol. The zero-order valence-corrected chi connectivity index (χ0v) is 20.3. The highest BCUT2D eigenvalue weighted by atomic mass is 35.5. The van der Waals surface area contributed by atoms with E-state index in [0.717, 1.165) is 50.1 Å². The molecule has 2 saturated heterocycles. The average molecular weight is 472 g/mol. The van der Waals surface area contributed by atoms with E-state index in [4.69, 9.17) is 4.74 Å². The van der Waals surface area contributed by atoms with Crippen molar-refractivity contribution < 1.29 is 14.3 Å². The molecule has 2 amide bonds. The first kappa shape index (κ1) is 25.2.